The maximum atomic E-state index is 12.8. The first kappa shape index (κ1) is 19.3. The molecular formula is C20H29NO4. The van der Waals surface area contributed by atoms with Gasteiger partial charge < -0.3 is 14.4 Å². The van der Waals surface area contributed by atoms with Crippen LogP contribution in [0.15, 0.2) is 24.3 Å². The first-order valence-electron chi connectivity index (χ1n) is 9.26. The molecule has 1 amide bonds. The van der Waals surface area contributed by atoms with Crippen LogP contribution in [0.3, 0.4) is 0 Å². The number of methoxy groups -OCH3 is 1. The highest BCUT2D eigenvalue weighted by Gasteiger charge is 2.29. The Morgan fingerprint density at radius 2 is 1.92 bits per heavy atom. The van der Waals surface area contributed by atoms with Crippen molar-refractivity contribution in [3.05, 3.63) is 29.8 Å². The van der Waals surface area contributed by atoms with E-state index in [0.717, 1.165) is 37.9 Å². The quantitative estimate of drug-likeness (QED) is 0.530. The number of hydrogen-bond acceptors (Lipinski definition) is 4. The van der Waals surface area contributed by atoms with Gasteiger partial charge in [0.1, 0.15) is 5.75 Å². The average molecular weight is 347 g/mol. The molecular weight excluding hydrogens is 318 g/mol. The second-order valence-corrected chi connectivity index (χ2v) is 6.51. The van der Waals surface area contributed by atoms with Crippen LogP contribution >= 0.6 is 0 Å². The lowest BCUT2D eigenvalue weighted by Crippen LogP contribution is -2.44. The van der Waals surface area contributed by atoms with Crippen molar-refractivity contribution in [1.29, 1.82) is 0 Å². The fourth-order valence-electron chi connectivity index (χ4n) is 3.16. The second-order valence-electron chi connectivity index (χ2n) is 6.51. The van der Waals surface area contributed by atoms with Crippen molar-refractivity contribution in [1.82, 2.24) is 4.90 Å². The van der Waals surface area contributed by atoms with Crippen molar-refractivity contribution in [2.75, 3.05) is 20.3 Å². The highest BCUT2D eigenvalue weighted by atomic mass is 16.5. The molecule has 1 aromatic rings. The zero-order valence-electron chi connectivity index (χ0n) is 15.3. The van der Waals surface area contributed by atoms with E-state index in [0.29, 0.717) is 18.7 Å². The molecule has 1 fully saturated rings. The number of esters is 1. The number of carbonyl (C=O) groups excluding carboxylic acids is 2. The molecule has 1 unspecified atom stereocenters. The standard InChI is InChI=1S/C20H29NO4/c1-3-4-7-14-25-18-11-9-16(10-12-18)20(23)21-13-6-5-8-17(21)15-19(22)24-2/h9-12,17H,3-8,13-15H2,1-2H3. The lowest BCUT2D eigenvalue weighted by Gasteiger charge is -2.35. The van der Waals surface area contributed by atoms with Crippen LogP contribution in [0.5, 0.6) is 5.75 Å². The predicted octanol–water partition coefficient (Wildman–Crippen LogP) is 3.81. The summed E-state index contributed by atoms with van der Waals surface area (Å²) in [6, 6.07) is 7.23. The van der Waals surface area contributed by atoms with Gasteiger partial charge in [0.05, 0.1) is 20.1 Å². The summed E-state index contributed by atoms with van der Waals surface area (Å²) >= 11 is 0. The van der Waals surface area contributed by atoms with Crippen molar-refractivity contribution < 1.29 is 19.1 Å². The van der Waals surface area contributed by atoms with Crippen molar-refractivity contribution >= 4 is 11.9 Å². The van der Waals surface area contributed by atoms with Crippen LogP contribution in [0.4, 0.5) is 0 Å². The summed E-state index contributed by atoms with van der Waals surface area (Å²) in [5.74, 6) is 0.504. The molecule has 5 nitrogen and oxygen atoms in total. The van der Waals surface area contributed by atoms with Crippen LogP contribution in [0.2, 0.25) is 0 Å². The van der Waals surface area contributed by atoms with E-state index in [2.05, 4.69) is 6.92 Å². The van der Waals surface area contributed by atoms with Crippen molar-refractivity contribution in [2.24, 2.45) is 0 Å². The van der Waals surface area contributed by atoms with E-state index < -0.39 is 0 Å². The smallest absolute Gasteiger partial charge is 0.307 e. The molecule has 0 saturated carbocycles. The monoisotopic (exact) mass is 347 g/mol. The number of ether oxygens (including phenoxy) is 2. The van der Waals surface area contributed by atoms with Crippen LogP contribution in [-0.4, -0.2) is 43.1 Å². The Balaban J connectivity index is 1.96. The van der Waals surface area contributed by atoms with Gasteiger partial charge in [-0.15, -0.1) is 0 Å². The Morgan fingerprint density at radius 3 is 2.60 bits per heavy atom. The minimum Gasteiger partial charge on any atom is -0.494 e. The van der Waals surface area contributed by atoms with E-state index in [1.54, 1.807) is 12.1 Å². The summed E-state index contributed by atoms with van der Waals surface area (Å²) < 4.78 is 10.5. The number of likely N-dealkylation sites (tertiary alicyclic amines) is 1. The van der Waals surface area contributed by atoms with E-state index in [4.69, 9.17) is 9.47 Å². The number of amides is 1. The Morgan fingerprint density at radius 1 is 1.16 bits per heavy atom. The van der Waals surface area contributed by atoms with Crippen molar-refractivity contribution in [3.8, 4) is 5.75 Å². The molecule has 1 aromatic carbocycles. The van der Waals surface area contributed by atoms with Gasteiger partial charge in [-0.25, -0.2) is 0 Å². The summed E-state index contributed by atoms with van der Waals surface area (Å²) in [5.41, 5.74) is 0.637. The normalized spacial score (nSPS) is 17.2. The molecule has 25 heavy (non-hydrogen) atoms. The molecule has 0 radical (unpaired) electrons. The van der Waals surface area contributed by atoms with Crippen LogP contribution in [-0.2, 0) is 9.53 Å². The highest BCUT2D eigenvalue weighted by molar-refractivity contribution is 5.94. The number of hydrogen-bond donors (Lipinski definition) is 0. The Hall–Kier alpha value is -2.04. The topological polar surface area (TPSA) is 55.8 Å². The molecule has 1 heterocycles. The number of nitrogens with zero attached hydrogens (tertiary/aromatic N) is 1. The van der Waals surface area contributed by atoms with Gasteiger partial charge in [-0.05, 0) is 49.9 Å². The van der Waals surface area contributed by atoms with Crippen LogP contribution in [0, 0.1) is 0 Å². The maximum absolute atomic E-state index is 12.8. The predicted molar refractivity (Wildman–Crippen MR) is 96.8 cm³/mol. The van der Waals surface area contributed by atoms with Gasteiger partial charge in [-0.3, -0.25) is 9.59 Å². The Bertz CT molecular complexity index is 555. The zero-order chi connectivity index (χ0) is 18.1. The average Bonchev–Trinajstić information content (AvgIpc) is 2.65. The van der Waals surface area contributed by atoms with Gasteiger partial charge >= 0.3 is 5.97 Å². The van der Waals surface area contributed by atoms with Gasteiger partial charge in [0, 0.05) is 18.2 Å². The molecule has 5 heteroatoms. The fraction of sp³-hybridized carbons (Fsp3) is 0.600. The fourth-order valence-corrected chi connectivity index (χ4v) is 3.16. The van der Waals surface area contributed by atoms with E-state index in [1.165, 1.54) is 13.5 Å². The maximum Gasteiger partial charge on any atom is 0.307 e. The third kappa shape index (κ3) is 5.76. The molecule has 2 rings (SSSR count). The van der Waals surface area contributed by atoms with E-state index in [9.17, 15) is 9.59 Å². The molecule has 0 aliphatic carbocycles. The van der Waals surface area contributed by atoms with Crippen LogP contribution in [0.25, 0.3) is 0 Å². The molecule has 1 aliphatic heterocycles. The van der Waals surface area contributed by atoms with Crippen LogP contribution in [0.1, 0.15) is 62.2 Å². The number of carbonyl (C=O) groups is 2. The molecule has 1 saturated heterocycles. The number of benzene rings is 1. The number of unbranched alkanes of at least 4 members (excludes halogenated alkanes) is 2. The second kappa shape index (κ2) is 10.1. The molecule has 0 bridgehead atoms. The Labute approximate surface area is 150 Å². The first-order chi connectivity index (χ1) is 12.2. The molecule has 0 aromatic heterocycles. The minimum absolute atomic E-state index is 0.0221. The molecule has 138 valence electrons. The first-order valence-corrected chi connectivity index (χ1v) is 9.26. The van der Waals surface area contributed by atoms with Crippen molar-refractivity contribution in [2.45, 2.75) is 57.9 Å². The van der Waals surface area contributed by atoms with E-state index in [1.807, 2.05) is 17.0 Å². The SMILES string of the molecule is CCCCCOc1ccc(C(=O)N2CCCCC2CC(=O)OC)cc1. The summed E-state index contributed by atoms with van der Waals surface area (Å²) in [6.07, 6.45) is 6.49. The molecule has 0 spiro atoms. The summed E-state index contributed by atoms with van der Waals surface area (Å²) in [4.78, 5) is 26.2. The summed E-state index contributed by atoms with van der Waals surface area (Å²) in [7, 11) is 1.39. The molecule has 1 aliphatic rings. The van der Waals surface area contributed by atoms with Gasteiger partial charge in [0.25, 0.3) is 5.91 Å². The zero-order valence-corrected chi connectivity index (χ0v) is 15.3. The van der Waals surface area contributed by atoms with Crippen molar-refractivity contribution in [3.63, 3.8) is 0 Å². The molecule has 0 N–H and O–H groups in total. The lowest BCUT2D eigenvalue weighted by atomic mass is 9.98. The van der Waals surface area contributed by atoms with Gasteiger partial charge in [0.2, 0.25) is 0 Å². The van der Waals surface area contributed by atoms with Gasteiger partial charge in [-0.2, -0.15) is 0 Å². The number of piperidine rings is 1. The largest absolute Gasteiger partial charge is 0.494 e. The van der Waals surface area contributed by atoms with Gasteiger partial charge in [0.15, 0.2) is 0 Å². The molecule has 1 atom stereocenters. The highest BCUT2D eigenvalue weighted by Crippen LogP contribution is 2.23. The van der Waals surface area contributed by atoms with Gasteiger partial charge in [-0.1, -0.05) is 19.8 Å². The Kier molecular flexibility index (Phi) is 7.76. The van der Waals surface area contributed by atoms with E-state index >= 15 is 0 Å². The summed E-state index contributed by atoms with van der Waals surface area (Å²) in [6.45, 7) is 3.55. The summed E-state index contributed by atoms with van der Waals surface area (Å²) in [5, 5.41) is 0. The number of rotatable bonds is 8. The van der Waals surface area contributed by atoms with E-state index in [-0.39, 0.29) is 24.3 Å². The minimum atomic E-state index is -0.263. The van der Waals surface area contributed by atoms with Crippen LogP contribution < -0.4 is 4.74 Å². The third-order valence-electron chi connectivity index (χ3n) is 4.64. The lowest BCUT2D eigenvalue weighted by molar-refractivity contribution is -0.142. The third-order valence-corrected chi connectivity index (χ3v) is 4.64.